The van der Waals surface area contributed by atoms with Crippen molar-refractivity contribution in [2.24, 2.45) is 7.05 Å². The van der Waals surface area contributed by atoms with Crippen LogP contribution < -0.4 is 0 Å². The summed E-state index contributed by atoms with van der Waals surface area (Å²) in [6.45, 7) is 12.7. The van der Waals surface area contributed by atoms with Crippen molar-refractivity contribution in [3.8, 4) is 0 Å². The van der Waals surface area contributed by atoms with Crippen LogP contribution in [-0.2, 0) is 7.05 Å². The number of aromatic amines is 1. The summed E-state index contributed by atoms with van der Waals surface area (Å²) in [5.41, 5.74) is 0. The summed E-state index contributed by atoms with van der Waals surface area (Å²) in [5, 5.41) is 15.5. The molecule has 2 saturated heterocycles. The summed E-state index contributed by atoms with van der Waals surface area (Å²) in [6, 6.07) is 0. The van der Waals surface area contributed by atoms with Crippen molar-refractivity contribution in [1.82, 2.24) is 39.6 Å². The van der Waals surface area contributed by atoms with Crippen LogP contribution in [0, 0.1) is 13.8 Å². The maximum Gasteiger partial charge on any atom is 0.205 e. The van der Waals surface area contributed by atoms with Gasteiger partial charge in [-0.15, -0.1) is 10.2 Å². The molecule has 8 nitrogen and oxygen atoms in total. The van der Waals surface area contributed by atoms with Gasteiger partial charge in [-0.3, -0.25) is 5.10 Å². The summed E-state index contributed by atoms with van der Waals surface area (Å²) in [4.78, 5) is 11.1. The van der Waals surface area contributed by atoms with Crippen molar-refractivity contribution >= 4 is 57.2 Å². The minimum atomic E-state index is 0. The lowest BCUT2D eigenvalue weighted by Gasteiger charge is -2.31. The molecule has 37 heavy (non-hydrogen) atoms. The van der Waals surface area contributed by atoms with Crippen molar-refractivity contribution in [2.75, 3.05) is 31.1 Å². The van der Waals surface area contributed by atoms with Gasteiger partial charge in [0.1, 0.15) is 17.5 Å². The average molecular weight is 670 g/mol. The lowest BCUT2D eigenvalue weighted by Crippen LogP contribution is -2.36. The highest BCUT2D eigenvalue weighted by Crippen LogP contribution is 2.25. The number of H-pyrrole nitrogens is 1. The van der Waals surface area contributed by atoms with E-state index in [1.807, 2.05) is 18.8 Å². The third-order valence-corrected chi connectivity index (χ3v) is 6.11. The second kappa shape index (κ2) is 24.9. The van der Waals surface area contributed by atoms with Gasteiger partial charge in [0.2, 0.25) is 14.8 Å². The normalized spacial score (nSPS) is 18.5. The average Bonchev–Trinajstić information content (AvgIpc) is 3.41. The lowest BCUT2D eigenvalue weighted by atomic mass is 9.87. The summed E-state index contributed by atoms with van der Waals surface area (Å²) in [5.74, 6) is 5.08. The molecule has 0 saturated carbocycles. The Bertz CT molecular complexity index is 782. The highest BCUT2D eigenvalue weighted by atomic mass is 127. The van der Waals surface area contributed by atoms with E-state index in [0.29, 0.717) is 11.8 Å². The highest BCUT2D eigenvalue weighted by molar-refractivity contribution is 14.1. The van der Waals surface area contributed by atoms with E-state index < -0.39 is 0 Å². The Labute approximate surface area is 252 Å². The number of halogens is 1. The molecule has 0 amide bonds. The van der Waals surface area contributed by atoms with E-state index in [-0.39, 0.29) is 49.5 Å². The van der Waals surface area contributed by atoms with Gasteiger partial charge in [0.05, 0.1) is 0 Å². The zero-order valence-corrected chi connectivity index (χ0v) is 26.4. The molecule has 2 aliphatic heterocycles. The highest BCUT2D eigenvalue weighted by Gasteiger charge is 2.24. The first-order valence-corrected chi connectivity index (χ1v) is 13.4. The monoisotopic (exact) mass is 670 g/mol. The number of rotatable bonds is 4. The van der Waals surface area contributed by atoms with Crippen LogP contribution in [0.1, 0.15) is 90.5 Å². The molecule has 4 heterocycles. The molecular weight excluding hydrogens is 611 g/mol. The lowest BCUT2D eigenvalue weighted by molar-refractivity contribution is 0.314. The Morgan fingerprint density at radius 1 is 0.838 bits per heavy atom. The van der Waals surface area contributed by atoms with Gasteiger partial charge in [-0.25, -0.2) is 4.98 Å². The predicted molar refractivity (Wildman–Crippen MR) is 186 cm³/mol. The fourth-order valence-electron chi connectivity index (χ4n) is 4.22. The first-order valence-electron chi connectivity index (χ1n) is 11.2. The molecule has 2 radical (unpaired) electrons. The van der Waals surface area contributed by atoms with E-state index >= 15 is 0 Å². The van der Waals surface area contributed by atoms with Gasteiger partial charge >= 0.3 is 0 Å². The Kier molecular flexibility index (Phi) is 31.5. The van der Waals surface area contributed by atoms with E-state index in [9.17, 15) is 0 Å². The van der Waals surface area contributed by atoms with Gasteiger partial charge < -0.3 is 14.2 Å². The van der Waals surface area contributed by atoms with Gasteiger partial charge in [-0.1, -0.05) is 65.9 Å². The molecule has 4 unspecified atom stereocenters. The number of alkyl halides is 1. The molecule has 1 N–H and O–H groups in total. The summed E-state index contributed by atoms with van der Waals surface area (Å²) in [6.07, 6.45) is 4.93. The predicted octanol–water partition coefficient (Wildman–Crippen LogP) is 5.64. The molecule has 2 fully saturated rings. The van der Waals surface area contributed by atoms with Crippen molar-refractivity contribution in [3.63, 3.8) is 0 Å². The smallest absolute Gasteiger partial charge is 0.205 e. The van der Waals surface area contributed by atoms with E-state index in [4.69, 9.17) is 0 Å². The van der Waals surface area contributed by atoms with Crippen molar-refractivity contribution in [1.29, 1.82) is 0 Å². The topological polar surface area (TPSA) is 78.8 Å². The summed E-state index contributed by atoms with van der Waals surface area (Å²) >= 11 is 2.15. The Hall–Kier alpha value is -0.0801. The van der Waals surface area contributed by atoms with Gasteiger partial charge in [-0.05, 0) is 70.6 Å². The van der Waals surface area contributed by atoms with Crippen molar-refractivity contribution in [3.05, 3.63) is 23.3 Å². The molecule has 0 bridgehead atoms. The Morgan fingerprint density at radius 3 is 1.73 bits per heavy atom. The van der Waals surface area contributed by atoms with Crippen LogP contribution in [0.2, 0.25) is 13.6 Å². The first kappa shape index (κ1) is 46.8. The molecule has 218 valence electrons. The standard InChI is InChI=1S/C10H18BN4.C9H16BN4.CH3I.4CH4.2H3P/c1-8-12-13-10(14(8)3)9-5-4-6-15(7-9)11-2;1-7-11-9(13-12-7)8-4-3-5-14(6-8)10-2;1-2;;;;;;/h9H,4-7H2,1-3H3;8H,3-6H2,1-2H3,(H,11,12,13);1H3;4*1H4;2*1H3. The van der Waals surface area contributed by atoms with E-state index in [0.717, 1.165) is 36.4 Å². The van der Waals surface area contributed by atoms with Crippen LogP contribution in [0.5, 0.6) is 0 Å². The quantitative estimate of drug-likeness (QED) is 0.197. The molecule has 0 spiro atoms. The van der Waals surface area contributed by atoms with Gasteiger partial charge in [-0.2, -0.15) is 24.9 Å². The van der Waals surface area contributed by atoms with Gasteiger partial charge in [0.15, 0.2) is 5.82 Å². The molecule has 13 heteroatoms. The number of hydrogen-bond acceptors (Lipinski definition) is 6. The van der Waals surface area contributed by atoms with Crippen LogP contribution in [-0.4, -0.2) is 85.5 Å². The van der Waals surface area contributed by atoms with Crippen molar-refractivity contribution < 1.29 is 0 Å². The number of nitrogens with one attached hydrogen (secondary N) is 1. The molecular formula is C24H59B2IN8P2. The fourth-order valence-corrected chi connectivity index (χ4v) is 4.22. The van der Waals surface area contributed by atoms with Gasteiger partial charge in [0, 0.05) is 18.9 Å². The van der Waals surface area contributed by atoms with Crippen LogP contribution in [0.25, 0.3) is 0 Å². The largest absolute Gasteiger partial charge is 0.346 e. The van der Waals surface area contributed by atoms with E-state index in [1.165, 1.54) is 38.8 Å². The second-order valence-electron chi connectivity index (χ2n) is 8.13. The number of piperidine rings is 2. The van der Waals surface area contributed by atoms with Crippen LogP contribution in [0.3, 0.4) is 0 Å². The zero-order valence-electron chi connectivity index (χ0n) is 21.4. The van der Waals surface area contributed by atoms with Crippen LogP contribution in [0.15, 0.2) is 0 Å². The minimum absolute atomic E-state index is 0. The SMILES string of the molecule is C.C.C.C.CI.C[B]N1CCCC(c2n[nH]c(C)n2)C1.C[B]N1CCCC(c2nnc(C)n2C)C1.P.P. The molecule has 2 aromatic rings. The third kappa shape index (κ3) is 14.2. The first-order chi connectivity index (χ1) is 15.0. The summed E-state index contributed by atoms with van der Waals surface area (Å²) < 4.78 is 2.11. The van der Waals surface area contributed by atoms with Crippen molar-refractivity contribution in [2.45, 2.75) is 94.7 Å². The van der Waals surface area contributed by atoms with E-state index in [2.05, 4.69) is 97.7 Å². The molecule has 4 rings (SSSR count). The number of nitrogens with zero attached hydrogens (tertiary/aromatic N) is 7. The van der Waals surface area contributed by atoms with Crippen LogP contribution in [0.4, 0.5) is 0 Å². The van der Waals surface area contributed by atoms with Gasteiger partial charge in [0.25, 0.3) is 0 Å². The molecule has 0 aromatic carbocycles. The third-order valence-electron chi connectivity index (χ3n) is 6.11. The molecule has 2 aliphatic rings. The molecule has 4 atom stereocenters. The molecule has 0 aliphatic carbocycles. The number of aryl methyl sites for hydroxylation is 2. The van der Waals surface area contributed by atoms with Crippen LogP contribution >= 0.6 is 42.4 Å². The Morgan fingerprint density at radius 2 is 1.32 bits per heavy atom. The Balaban J connectivity index is -0.000000150. The van der Waals surface area contributed by atoms with E-state index in [1.54, 1.807) is 0 Å². The second-order valence-corrected chi connectivity index (χ2v) is 8.13. The molecule has 2 aromatic heterocycles. The number of aromatic nitrogens is 6. The maximum absolute atomic E-state index is 4.40. The number of hydrogen-bond donors (Lipinski definition) is 1. The fraction of sp³-hybridized carbons (Fsp3) is 0.833. The maximum atomic E-state index is 4.40. The zero-order chi connectivity index (χ0) is 22.8. The minimum Gasteiger partial charge on any atom is -0.346 e. The summed E-state index contributed by atoms with van der Waals surface area (Å²) in [7, 11) is 6.39.